The second-order valence-corrected chi connectivity index (χ2v) is 4.06. The van der Waals surface area contributed by atoms with Crippen molar-refractivity contribution in [3.8, 4) is 0 Å². The van der Waals surface area contributed by atoms with Crippen LogP contribution in [0.4, 0.5) is 5.82 Å². The molecular formula is C11H13ClN4. The summed E-state index contributed by atoms with van der Waals surface area (Å²) >= 11 is 6.16. The van der Waals surface area contributed by atoms with Gasteiger partial charge in [-0.25, -0.2) is 4.98 Å². The Morgan fingerprint density at radius 1 is 1.50 bits per heavy atom. The molecule has 5 heteroatoms. The van der Waals surface area contributed by atoms with E-state index in [0.717, 1.165) is 16.8 Å². The van der Waals surface area contributed by atoms with Crippen molar-refractivity contribution in [2.45, 2.75) is 13.3 Å². The molecule has 0 spiro atoms. The SMILES string of the molecule is Cc1nn(C)c(Cl)c1Cc1cccnc1N. The molecule has 0 aromatic carbocycles. The van der Waals surface area contributed by atoms with Crippen LogP contribution in [0.15, 0.2) is 18.3 Å². The van der Waals surface area contributed by atoms with Crippen molar-refractivity contribution in [1.29, 1.82) is 0 Å². The highest BCUT2D eigenvalue weighted by atomic mass is 35.5. The van der Waals surface area contributed by atoms with E-state index in [1.165, 1.54) is 0 Å². The number of anilines is 1. The van der Waals surface area contributed by atoms with Gasteiger partial charge in [0.2, 0.25) is 0 Å². The lowest BCUT2D eigenvalue weighted by Gasteiger charge is -2.03. The van der Waals surface area contributed by atoms with Crippen LogP contribution in [-0.2, 0) is 13.5 Å². The fourth-order valence-corrected chi connectivity index (χ4v) is 1.91. The average molecular weight is 237 g/mol. The Labute approximate surface area is 99.1 Å². The van der Waals surface area contributed by atoms with Gasteiger partial charge in [-0.3, -0.25) is 4.68 Å². The molecule has 0 radical (unpaired) electrons. The van der Waals surface area contributed by atoms with Crippen molar-refractivity contribution < 1.29 is 0 Å². The number of halogens is 1. The van der Waals surface area contributed by atoms with Gasteiger partial charge in [0.15, 0.2) is 0 Å². The topological polar surface area (TPSA) is 56.7 Å². The largest absolute Gasteiger partial charge is 0.383 e. The zero-order chi connectivity index (χ0) is 11.7. The summed E-state index contributed by atoms with van der Waals surface area (Å²) in [5, 5.41) is 4.91. The molecule has 4 nitrogen and oxygen atoms in total. The van der Waals surface area contributed by atoms with E-state index in [-0.39, 0.29) is 0 Å². The normalized spacial score (nSPS) is 10.7. The van der Waals surface area contributed by atoms with Gasteiger partial charge in [0.1, 0.15) is 11.0 Å². The molecular weight excluding hydrogens is 224 g/mol. The van der Waals surface area contributed by atoms with Crippen LogP contribution < -0.4 is 5.73 Å². The maximum atomic E-state index is 6.16. The number of nitrogens with zero attached hydrogens (tertiary/aromatic N) is 3. The van der Waals surface area contributed by atoms with Crippen molar-refractivity contribution in [1.82, 2.24) is 14.8 Å². The van der Waals surface area contributed by atoms with Crippen LogP contribution in [0.5, 0.6) is 0 Å². The average Bonchev–Trinajstić information content (AvgIpc) is 2.48. The molecule has 0 aliphatic heterocycles. The summed E-state index contributed by atoms with van der Waals surface area (Å²) in [6.45, 7) is 1.94. The molecule has 0 aliphatic rings. The number of nitrogen functional groups attached to an aromatic ring is 1. The van der Waals surface area contributed by atoms with Crippen molar-refractivity contribution in [3.63, 3.8) is 0 Å². The lowest BCUT2D eigenvalue weighted by atomic mass is 10.1. The van der Waals surface area contributed by atoms with Crippen LogP contribution in [0.1, 0.15) is 16.8 Å². The number of hydrogen-bond acceptors (Lipinski definition) is 3. The number of pyridine rings is 1. The predicted molar refractivity (Wildman–Crippen MR) is 64.4 cm³/mol. The molecule has 0 bridgehead atoms. The second kappa shape index (κ2) is 4.14. The van der Waals surface area contributed by atoms with E-state index >= 15 is 0 Å². The first kappa shape index (κ1) is 11.0. The summed E-state index contributed by atoms with van der Waals surface area (Å²) in [7, 11) is 1.82. The lowest BCUT2D eigenvalue weighted by Crippen LogP contribution is -1.98. The zero-order valence-electron chi connectivity index (χ0n) is 9.24. The highest BCUT2D eigenvalue weighted by Crippen LogP contribution is 2.23. The van der Waals surface area contributed by atoms with Gasteiger partial charge in [-0.05, 0) is 18.6 Å². The molecule has 84 valence electrons. The third-order valence-electron chi connectivity index (χ3n) is 2.56. The molecule has 16 heavy (non-hydrogen) atoms. The predicted octanol–water partition coefficient (Wildman–Crippen LogP) is 1.95. The van der Waals surface area contributed by atoms with Crippen molar-refractivity contribution >= 4 is 17.4 Å². The molecule has 2 aromatic rings. The summed E-state index contributed by atoms with van der Waals surface area (Å²) in [4.78, 5) is 4.05. The maximum absolute atomic E-state index is 6.16. The molecule has 0 aliphatic carbocycles. The van der Waals surface area contributed by atoms with E-state index in [9.17, 15) is 0 Å². The van der Waals surface area contributed by atoms with Crippen molar-refractivity contribution in [2.75, 3.05) is 5.73 Å². The van der Waals surface area contributed by atoms with Gasteiger partial charge in [-0.15, -0.1) is 0 Å². The fourth-order valence-electron chi connectivity index (χ4n) is 1.67. The molecule has 2 N–H and O–H groups in total. The van der Waals surface area contributed by atoms with Gasteiger partial charge in [-0.2, -0.15) is 5.10 Å². The Morgan fingerprint density at radius 2 is 2.25 bits per heavy atom. The van der Waals surface area contributed by atoms with Crippen LogP contribution in [0.3, 0.4) is 0 Å². The smallest absolute Gasteiger partial charge is 0.130 e. The summed E-state index contributed by atoms with van der Waals surface area (Å²) < 4.78 is 1.67. The first-order valence-electron chi connectivity index (χ1n) is 4.97. The molecule has 2 heterocycles. The molecule has 0 saturated carbocycles. The molecule has 0 fully saturated rings. The van der Waals surface area contributed by atoms with Gasteiger partial charge >= 0.3 is 0 Å². The number of aromatic nitrogens is 3. The summed E-state index contributed by atoms with van der Waals surface area (Å²) in [5.41, 5.74) is 8.70. The van der Waals surface area contributed by atoms with Gasteiger partial charge in [0.25, 0.3) is 0 Å². The first-order valence-corrected chi connectivity index (χ1v) is 5.34. The first-order chi connectivity index (χ1) is 7.59. The fraction of sp³-hybridized carbons (Fsp3) is 0.273. The maximum Gasteiger partial charge on any atom is 0.130 e. The Morgan fingerprint density at radius 3 is 2.81 bits per heavy atom. The summed E-state index contributed by atoms with van der Waals surface area (Å²) in [6.07, 6.45) is 2.34. The highest BCUT2D eigenvalue weighted by molar-refractivity contribution is 6.30. The van der Waals surface area contributed by atoms with Crippen molar-refractivity contribution in [3.05, 3.63) is 40.3 Å². The Bertz CT molecular complexity index is 519. The minimum Gasteiger partial charge on any atom is -0.383 e. The lowest BCUT2D eigenvalue weighted by molar-refractivity contribution is 0.757. The summed E-state index contributed by atoms with van der Waals surface area (Å²) in [6, 6.07) is 3.82. The zero-order valence-corrected chi connectivity index (χ0v) is 9.99. The highest BCUT2D eigenvalue weighted by Gasteiger charge is 2.12. The van der Waals surface area contributed by atoms with Crippen LogP contribution in [-0.4, -0.2) is 14.8 Å². The van der Waals surface area contributed by atoms with E-state index in [1.54, 1.807) is 10.9 Å². The van der Waals surface area contributed by atoms with Crippen LogP contribution in [0.2, 0.25) is 5.15 Å². The van der Waals surface area contributed by atoms with Crippen LogP contribution in [0.25, 0.3) is 0 Å². The van der Waals surface area contributed by atoms with Gasteiger partial charge in [-0.1, -0.05) is 17.7 Å². The molecule has 2 rings (SSSR count). The van der Waals surface area contributed by atoms with Crippen LogP contribution in [0, 0.1) is 6.92 Å². The Kier molecular flexibility index (Phi) is 2.83. The summed E-state index contributed by atoms with van der Waals surface area (Å²) in [5.74, 6) is 0.543. The van der Waals surface area contributed by atoms with E-state index < -0.39 is 0 Å². The van der Waals surface area contributed by atoms with Crippen molar-refractivity contribution in [2.24, 2.45) is 7.05 Å². The van der Waals surface area contributed by atoms with E-state index in [2.05, 4.69) is 10.1 Å². The second-order valence-electron chi connectivity index (χ2n) is 3.70. The molecule has 0 amide bonds. The van der Waals surface area contributed by atoms with E-state index in [4.69, 9.17) is 17.3 Å². The molecule has 0 atom stereocenters. The Balaban J connectivity index is 2.38. The van der Waals surface area contributed by atoms with E-state index in [1.807, 2.05) is 26.1 Å². The number of aryl methyl sites for hydroxylation is 2. The van der Waals surface area contributed by atoms with Gasteiger partial charge < -0.3 is 5.73 Å². The molecule has 0 saturated heterocycles. The number of nitrogens with two attached hydrogens (primary N) is 1. The van der Waals surface area contributed by atoms with E-state index in [0.29, 0.717) is 17.4 Å². The minimum absolute atomic E-state index is 0.543. The van der Waals surface area contributed by atoms with Crippen LogP contribution >= 0.6 is 11.6 Å². The Hall–Kier alpha value is -1.55. The quantitative estimate of drug-likeness (QED) is 0.867. The number of rotatable bonds is 2. The molecule has 0 unspecified atom stereocenters. The third kappa shape index (κ3) is 1.88. The van der Waals surface area contributed by atoms with Gasteiger partial charge in [0, 0.05) is 25.2 Å². The minimum atomic E-state index is 0.543. The number of hydrogen-bond donors (Lipinski definition) is 1. The monoisotopic (exact) mass is 236 g/mol. The standard InChI is InChI=1S/C11H13ClN4/c1-7-9(10(12)16(2)15-7)6-8-4-3-5-14-11(8)13/h3-5H,6H2,1-2H3,(H2,13,14). The molecule has 2 aromatic heterocycles. The third-order valence-corrected chi connectivity index (χ3v) is 3.04. The van der Waals surface area contributed by atoms with Gasteiger partial charge in [0.05, 0.1) is 5.69 Å².